The molecule has 1 aromatic carbocycles. The zero-order valence-electron chi connectivity index (χ0n) is 26.5. The molecule has 1 aromatic heterocycles. The van der Waals surface area contributed by atoms with Gasteiger partial charge in [-0.15, -0.1) is 0 Å². The zero-order chi connectivity index (χ0) is 30.4. The van der Waals surface area contributed by atoms with Crippen LogP contribution in [0.25, 0.3) is 10.9 Å². The normalized spacial score (nSPS) is 24.5. The van der Waals surface area contributed by atoms with Crippen molar-refractivity contribution in [3.05, 3.63) is 29.5 Å². The first-order valence-corrected chi connectivity index (χ1v) is 16.5. The molecular formula is C34H49N5O4. The number of nitrogens with one attached hydrogen (secondary N) is 1. The number of benzene rings is 1. The maximum Gasteiger partial charge on any atom is 0.410 e. The van der Waals surface area contributed by atoms with E-state index in [1.807, 2.05) is 37.4 Å². The van der Waals surface area contributed by atoms with E-state index in [1.54, 1.807) is 0 Å². The fourth-order valence-electron chi connectivity index (χ4n) is 8.04. The first-order chi connectivity index (χ1) is 20.5. The number of likely N-dealkylation sites (tertiary alicyclic amines) is 2. The van der Waals surface area contributed by atoms with E-state index >= 15 is 0 Å². The highest BCUT2D eigenvalue weighted by atomic mass is 16.6. The SMILES string of the molecule is Cn1nc(C2CCC(=O)NC2=O)c2ccc(C3CCN(CC4CCC5(CC4)CCN(C(=O)OC(C)(C)C)CC5)CC3)cc21. The molecule has 1 unspecified atom stereocenters. The fourth-order valence-corrected chi connectivity index (χ4v) is 8.04. The second-order valence-corrected chi connectivity index (χ2v) is 14.8. The summed E-state index contributed by atoms with van der Waals surface area (Å²) in [5.74, 6) is 0.529. The molecule has 4 aliphatic rings. The van der Waals surface area contributed by atoms with Crippen LogP contribution in [0.1, 0.15) is 108 Å². The van der Waals surface area contributed by atoms with Gasteiger partial charge in [0, 0.05) is 38.5 Å². The average molecular weight is 592 g/mol. The number of carbonyl (C=O) groups excluding carboxylic acids is 3. The van der Waals surface area contributed by atoms with Crippen LogP contribution in [0.2, 0.25) is 0 Å². The Hall–Kier alpha value is -2.94. The van der Waals surface area contributed by atoms with Gasteiger partial charge in [-0.2, -0.15) is 5.10 Å². The van der Waals surface area contributed by atoms with E-state index < -0.39 is 5.60 Å². The lowest BCUT2D eigenvalue weighted by Crippen LogP contribution is -2.46. The first-order valence-electron chi connectivity index (χ1n) is 16.5. The lowest BCUT2D eigenvalue weighted by molar-refractivity contribution is -0.134. The monoisotopic (exact) mass is 591 g/mol. The number of piperidine rings is 3. The number of ether oxygens (including phenoxy) is 1. The molecule has 234 valence electrons. The third-order valence-electron chi connectivity index (χ3n) is 10.7. The summed E-state index contributed by atoms with van der Waals surface area (Å²) in [5, 5.41) is 8.21. The second-order valence-electron chi connectivity index (χ2n) is 14.8. The Labute approximate surface area is 255 Å². The van der Waals surface area contributed by atoms with E-state index in [0.29, 0.717) is 24.2 Å². The van der Waals surface area contributed by atoms with E-state index in [2.05, 4.69) is 28.4 Å². The highest BCUT2D eigenvalue weighted by Gasteiger charge is 2.40. The van der Waals surface area contributed by atoms with Gasteiger partial charge in [-0.1, -0.05) is 12.1 Å². The minimum absolute atomic E-state index is 0.156. The first kappa shape index (κ1) is 30.1. The Morgan fingerprint density at radius 2 is 1.70 bits per heavy atom. The van der Waals surface area contributed by atoms with Gasteiger partial charge in [-0.25, -0.2) is 4.79 Å². The predicted molar refractivity (Wildman–Crippen MR) is 166 cm³/mol. The van der Waals surface area contributed by atoms with Gasteiger partial charge in [0.1, 0.15) is 5.60 Å². The molecule has 3 amide bonds. The highest BCUT2D eigenvalue weighted by Crippen LogP contribution is 2.47. The summed E-state index contributed by atoms with van der Waals surface area (Å²) in [5.41, 5.74) is 3.20. The summed E-state index contributed by atoms with van der Waals surface area (Å²) < 4.78 is 7.49. The third-order valence-corrected chi connectivity index (χ3v) is 10.7. The number of rotatable bonds is 4. The molecule has 3 saturated heterocycles. The van der Waals surface area contributed by atoms with Crippen LogP contribution in [-0.2, 0) is 21.4 Å². The molecule has 9 nitrogen and oxygen atoms in total. The van der Waals surface area contributed by atoms with Crippen molar-refractivity contribution in [1.29, 1.82) is 0 Å². The number of hydrogen-bond acceptors (Lipinski definition) is 6. The van der Waals surface area contributed by atoms with Crippen LogP contribution in [0.5, 0.6) is 0 Å². The minimum Gasteiger partial charge on any atom is -0.444 e. The van der Waals surface area contributed by atoms with E-state index in [9.17, 15) is 14.4 Å². The van der Waals surface area contributed by atoms with Gasteiger partial charge in [0.2, 0.25) is 11.8 Å². The maximum absolute atomic E-state index is 12.5. The van der Waals surface area contributed by atoms with Gasteiger partial charge >= 0.3 is 6.09 Å². The molecule has 0 bridgehead atoms. The number of aromatic nitrogens is 2. The number of hydrogen-bond donors (Lipinski definition) is 1. The third kappa shape index (κ3) is 6.61. The molecule has 1 aliphatic carbocycles. The smallest absolute Gasteiger partial charge is 0.410 e. The Morgan fingerprint density at radius 1 is 1.00 bits per heavy atom. The number of aryl methyl sites for hydroxylation is 1. The number of imide groups is 1. The lowest BCUT2D eigenvalue weighted by Gasteiger charge is -2.46. The summed E-state index contributed by atoms with van der Waals surface area (Å²) >= 11 is 0. The summed E-state index contributed by atoms with van der Waals surface area (Å²) in [7, 11) is 1.95. The van der Waals surface area contributed by atoms with Crippen LogP contribution in [0.4, 0.5) is 4.79 Å². The van der Waals surface area contributed by atoms with Gasteiger partial charge in [-0.3, -0.25) is 19.6 Å². The van der Waals surface area contributed by atoms with Crippen molar-refractivity contribution in [2.75, 3.05) is 32.7 Å². The van der Waals surface area contributed by atoms with Crippen LogP contribution in [-0.4, -0.2) is 75.8 Å². The zero-order valence-corrected chi connectivity index (χ0v) is 26.5. The molecule has 9 heteroatoms. The lowest BCUT2D eigenvalue weighted by atomic mass is 9.65. The molecule has 1 N–H and O–H groups in total. The maximum atomic E-state index is 12.5. The van der Waals surface area contributed by atoms with Crippen molar-refractivity contribution in [2.24, 2.45) is 18.4 Å². The van der Waals surface area contributed by atoms with Crippen molar-refractivity contribution in [1.82, 2.24) is 24.9 Å². The van der Waals surface area contributed by atoms with Crippen LogP contribution in [0.15, 0.2) is 18.2 Å². The second kappa shape index (κ2) is 11.9. The largest absolute Gasteiger partial charge is 0.444 e. The molecule has 0 radical (unpaired) electrons. The average Bonchev–Trinajstić information content (AvgIpc) is 3.29. The molecule has 1 atom stereocenters. The van der Waals surface area contributed by atoms with Crippen LogP contribution >= 0.6 is 0 Å². The van der Waals surface area contributed by atoms with Crippen molar-refractivity contribution >= 4 is 28.8 Å². The summed E-state index contributed by atoms with van der Waals surface area (Å²) in [4.78, 5) is 41.2. The predicted octanol–water partition coefficient (Wildman–Crippen LogP) is 5.48. The summed E-state index contributed by atoms with van der Waals surface area (Å²) in [6.07, 6.45) is 10.5. The molecule has 4 heterocycles. The number of nitrogens with zero attached hydrogens (tertiary/aromatic N) is 4. The van der Waals surface area contributed by atoms with Crippen molar-refractivity contribution in [3.8, 4) is 0 Å². The highest BCUT2D eigenvalue weighted by molar-refractivity contribution is 6.02. The molecule has 3 aliphatic heterocycles. The molecule has 43 heavy (non-hydrogen) atoms. The van der Waals surface area contributed by atoms with Gasteiger partial charge in [-0.05, 0) is 121 Å². The van der Waals surface area contributed by atoms with Gasteiger partial charge < -0.3 is 14.5 Å². The molecule has 2 aromatic rings. The standard InChI is InChI=1S/C34H49N5O4/c1-33(2,3)43-32(42)39-19-15-34(16-20-39)13-9-23(10-14-34)22-38-17-11-24(12-18-38)25-5-6-26-28(21-25)37(4)36-30(26)27-7-8-29(40)35-31(27)41/h5-6,21,23-24,27H,7-20,22H2,1-4H3,(H,35,40,41). The molecular weight excluding hydrogens is 542 g/mol. The fraction of sp³-hybridized carbons (Fsp3) is 0.706. The molecule has 1 saturated carbocycles. The molecule has 4 fully saturated rings. The summed E-state index contributed by atoms with van der Waals surface area (Å²) in [6, 6.07) is 6.64. The van der Waals surface area contributed by atoms with Gasteiger partial charge in [0.25, 0.3) is 0 Å². The Bertz CT molecular complexity index is 1350. The van der Waals surface area contributed by atoms with Crippen LogP contribution in [0.3, 0.4) is 0 Å². The van der Waals surface area contributed by atoms with Crippen molar-refractivity contribution < 1.29 is 19.1 Å². The van der Waals surface area contributed by atoms with Crippen molar-refractivity contribution in [2.45, 2.75) is 102 Å². The Morgan fingerprint density at radius 3 is 2.35 bits per heavy atom. The number of fused-ring (bicyclic) bond motifs is 1. The quantitative estimate of drug-likeness (QED) is 0.473. The van der Waals surface area contributed by atoms with E-state index in [1.165, 1.54) is 50.6 Å². The van der Waals surface area contributed by atoms with Gasteiger partial charge in [0.15, 0.2) is 0 Å². The number of amides is 3. The molecule has 6 rings (SSSR count). The van der Waals surface area contributed by atoms with E-state index in [0.717, 1.165) is 61.5 Å². The van der Waals surface area contributed by atoms with Crippen LogP contribution in [0, 0.1) is 11.3 Å². The van der Waals surface area contributed by atoms with Gasteiger partial charge in [0.05, 0.1) is 17.1 Å². The van der Waals surface area contributed by atoms with E-state index in [4.69, 9.17) is 9.84 Å². The van der Waals surface area contributed by atoms with E-state index in [-0.39, 0.29) is 23.8 Å². The number of carbonyl (C=O) groups is 3. The Balaban J connectivity index is 0.978. The molecule has 1 spiro atoms. The topological polar surface area (TPSA) is 96.8 Å². The minimum atomic E-state index is -0.436. The van der Waals surface area contributed by atoms with Crippen molar-refractivity contribution in [3.63, 3.8) is 0 Å². The summed E-state index contributed by atoms with van der Waals surface area (Å²) in [6.45, 7) is 11.0. The van der Waals surface area contributed by atoms with Crippen LogP contribution < -0.4 is 5.32 Å². The Kier molecular flexibility index (Phi) is 8.31.